The summed E-state index contributed by atoms with van der Waals surface area (Å²) in [6, 6.07) is 10.6. The summed E-state index contributed by atoms with van der Waals surface area (Å²) in [5.41, 5.74) is 4.38. The van der Waals surface area contributed by atoms with Gasteiger partial charge in [-0.25, -0.2) is 9.97 Å². The molecule has 0 aliphatic carbocycles. The fourth-order valence-corrected chi connectivity index (χ4v) is 2.98. The maximum Gasteiger partial charge on any atom is 0.128 e. The van der Waals surface area contributed by atoms with Crippen molar-refractivity contribution in [2.45, 2.75) is 19.3 Å². The molecule has 0 atom stereocenters. The smallest absolute Gasteiger partial charge is 0.128 e. The summed E-state index contributed by atoms with van der Waals surface area (Å²) >= 11 is 0. The van der Waals surface area contributed by atoms with E-state index in [1.54, 1.807) is 6.33 Å². The van der Waals surface area contributed by atoms with Crippen LogP contribution in [-0.2, 0) is 0 Å². The lowest BCUT2D eigenvalue weighted by Crippen LogP contribution is -2.29. The van der Waals surface area contributed by atoms with Crippen molar-refractivity contribution in [1.29, 1.82) is 0 Å². The number of anilines is 1. The van der Waals surface area contributed by atoms with Crippen LogP contribution in [-0.4, -0.2) is 28.0 Å². The number of imidazole rings is 1. The van der Waals surface area contributed by atoms with Gasteiger partial charge in [0, 0.05) is 24.8 Å². The third-order valence-electron chi connectivity index (χ3n) is 4.18. The first-order valence-corrected chi connectivity index (χ1v) is 7.55. The zero-order chi connectivity index (χ0) is 14.1. The van der Waals surface area contributed by atoms with Crippen molar-refractivity contribution in [2.75, 3.05) is 18.0 Å². The number of rotatable bonds is 2. The second-order valence-corrected chi connectivity index (χ2v) is 5.59. The van der Waals surface area contributed by atoms with Crippen molar-refractivity contribution >= 4 is 16.9 Å². The van der Waals surface area contributed by atoms with Gasteiger partial charge < -0.3 is 9.88 Å². The highest BCUT2D eigenvalue weighted by Crippen LogP contribution is 2.24. The topological polar surface area (TPSA) is 44.8 Å². The molecule has 3 heterocycles. The van der Waals surface area contributed by atoms with Crippen LogP contribution in [0.25, 0.3) is 22.2 Å². The molecule has 1 saturated heterocycles. The van der Waals surface area contributed by atoms with Gasteiger partial charge >= 0.3 is 0 Å². The molecule has 0 spiro atoms. The van der Waals surface area contributed by atoms with E-state index in [1.807, 2.05) is 12.3 Å². The Morgan fingerprint density at radius 1 is 0.905 bits per heavy atom. The summed E-state index contributed by atoms with van der Waals surface area (Å²) in [4.78, 5) is 14.4. The second-order valence-electron chi connectivity index (χ2n) is 5.59. The van der Waals surface area contributed by atoms with Crippen LogP contribution in [0.2, 0.25) is 0 Å². The molecule has 0 unspecified atom stereocenters. The maximum absolute atomic E-state index is 4.65. The van der Waals surface area contributed by atoms with Crippen molar-refractivity contribution in [2.24, 2.45) is 0 Å². The van der Waals surface area contributed by atoms with Crippen molar-refractivity contribution < 1.29 is 0 Å². The number of H-pyrrole nitrogens is 1. The van der Waals surface area contributed by atoms with E-state index in [-0.39, 0.29) is 0 Å². The normalized spacial score (nSPS) is 15.5. The van der Waals surface area contributed by atoms with Crippen LogP contribution in [0.1, 0.15) is 19.3 Å². The monoisotopic (exact) mass is 278 g/mol. The van der Waals surface area contributed by atoms with Crippen molar-refractivity contribution in [3.63, 3.8) is 0 Å². The molecule has 4 rings (SSSR count). The van der Waals surface area contributed by atoms with Gasteiger partial charge in [-0.05, 0) is 49.1 Å². The molecule has 1 aliphatic rings. The number of aromatic nitrogens is 3. The van der Waals surface area contributed by atoms with E-state index in [0.29, 0.717) is 0 Å². The highest BCUT2D eigenvalue weighted by molar-refractivity contribution is 5.81. The van der Waals surface area contributed by atoms with Crippen molar-refractivity contribution in [1.82, 2.24) is 15.0 Å². The van der Waals surface area contributed by atoms with Gasteiger partial charge in [-0.3, -0.25) is 0 Å². The summed E-state index contributed by atoms with van der Waals surface area (Å²) in [5.74, 6) is 1.10. The van der Waals surface area contributed by atoms with Crippen LogP contribution < -0.4 is 4.90 Å². The summed E-state index contributed by atoms with van der Waals surface area (Å²) in [5, 5.41) is 0. The van der Waals surface area contributed by atoms with E-state index in [1.165, 1.54) is 24.8 Å². The molecule has 4 nitrogen and oxygen atoms in total. The molecule has 1 fully saturated rings. The van der Waals surface area contributed by atoms with E-state index in [0.717, 1.165) is 35.5 Å². The average Bonchev–Trinajstić information content (AvgIpc) is 3.03. The second kappa shape index (κ2) is 5.20. The van der Waals surface area contributed by atoms with Crippen LogP contribution in [0.15, 0.2) is 42.9 Å². The predicted octanol–water partition coefficient (Wildman–Crippen LogP) is 3.62. The molecular weight excluding hydrogens is 260 g/mol. The number of aromatic amines is 1. The molecule has 21 heavy (non-hydrogen) atoms. The van der Waals surface area contributed by atoms with Gasteiger partial charge in [0.2, 0.25) is 0 Å². The van der Waals surface area contributed by atoms with Gasteiger partial charge in [-0.15, -0.1) is 0 Å². The van der Waals surface area contributed by atoms with Crippen LogP contribution in [0.5, 0.6) is 0 Å². The molecule has 106 valence electrons. The van der Waals surface area contributed by atoms with E-state index in [4.69, 9.17) is 0 Å². The molecule has 1 aromatic carbocycles. The third-order valence-corrected chi connectivity index (χ3v) is 4.18. The van der Waals surface area contributed by atoms with Gasteiger partial charge in [0.25, 0.3) is 0 Å². The quantitative estimate of drug-likeness (QED) is 0.778. The summed E-state index contributed by atoms with van der Waals surface area (Å²) in [6.45, 7) is 2.26. The van der Waals surface area contributed by atoms with E-state index < -0.39 is 0 Å². The summed E-state index contributed by atoms with van der Waals surface area (Å²) < 4.78 is 0. The Kier molecular flexibility index (Phi) is 3.07. The number of piperidine rings is 1. The number of fused-ring (bicyclic) bond motifs is 1. The minimum Gasteiger partial charge on any atom is -0.357 e. The molecule has 0 radical (unpaired) electrons. The Morgan fingerprint density at radius 3 is 2.57 bits per heavy atom. The van der Waals surface area contributed by atoms with E-state index in [2.05, 4.69) is 44.1 Å². The van der Waals surface area contributed by atoms with Gasteiger partial charge in [0.1, 0.15) is 5.82 Å². The zero-order valence-electron chi connectivity index (χ0n) is 11.9. The van der Waals surface area contributed by atoms with E-state index >= 15 is 0 Å². The SMILES string of the molecule is c1nc2ccc(-c3ccc(N4CCCCC4)nc3)cc2[nH]1. The Bertz CT molecular complexity index is 739. The molecule has 3 aromatic rings. The van der Waals surface area contributed by atoms with Crippen molar-refractivity contribution in [3.05, 3.63) is 42.9 Å². The van der Waals surface area contributed by atoms with Crippen LogP contribution in [0.3, 0.4) is 0 Å². The molecule has 0 saturated carbocycles. The average molecular weight is 278 g/mol. The first-order chi connectivity index (χ1) is 10.4. The molecule has 0 amide bonds. The summed E-state index contributed by atoms with van der Waals surface area (Å²) in [7, 11) is 0. The molecule has 4 heteroatoms. The highest BCUT2D eigenvalue weighted by Gasteiger charge is 2.12. The Hall–Kier alpha value is -2.36. The summed E-state index contributed by atoms with van der Waals surface area (Å²) in [6.07, 6.45) is 7.60. The molecule has 1 aliphatic heterocycles. The lowest BCUT2D eigenvalue weighted by Gasteiger charge is -2.27. The number of nitrogens with zero attached hydrogens (tertiary/aromatic N) is 3. The Balaban J connectivity index is 1.62. The lowest BCUT2D eigenvalue weighted by atomic mass is 10.1. The minimum atomic E-state index is 0.997. The number of hydrogen-bond donors (Lipinski definition) is 1. The van der Waals surface area contributed by atoms with Gasteiger partial charge in [-0.1, -0.05) is 6.07 Å². The lowest BCUT2D eigenvalue weighted by molar-refractivity contribution is 0.573. The number of pyridine rings is 1. The van der Waals surface area contributed by atoms with E-state index in [9.17, 15) is 0 Å². The Morgan fingerprint density at radius 2 is 1.76 bits per heavy atom. The number of benzene rings is 1. The number of hydrogen-bond acceptors (Lipinski definition) is 3. The Labute approximate surface area is 123 Å². The van der Waals surface area contributed by atoms with Crippen LogP contribution in [0.4, 0.5) is 5.82 Å². The maximum atomic E-state index is 4.65. The highest BCUT2D eigenvalue weighted by atomic mass is 15.2. The first-order valence-electron chi connectivity index (χ1n) is 7.55. The molecular formula is C17H18N4. The van der Waals surface area contributed by atoms with Gasteiger partial charge in [0.05, 0.1) is 17.4 Å². The van der Waals surface area contributed by atoms with Crippen LogP contribution in [0, 0.1) is 0 Å². The standard InChI is InChI=1S/C17H18N4/c1-2-8-21(9-3-1)17-7-5-14(11-18-17)13-4-6-15-16(10-13)20-12-19-15/h4-7,10-12H,1-3,8-9H2,(H,19,20). The number of nitrogens with one attached hydrogen (secondary N) is 1. The van der Waals surface area contributed by atoms with Gasteiger partial charge in [0.15, 0.2) is 0 Å². The largest absolute Gasteiger partial charge is 0.357 e. The first kappa shape index (κ1) is 12.4. The van der Waals surface area contributed by atoms with Crippen molar-refractivity contribution in [3.8, 4) is 11.1 Å². The third kappa shape index (κ3) is 2.37. The molecule has 2 aromatic heterocycles. The fourth-order valence-electron chi connectivity index (χ4n) is 2.98. The van der Waals surface area contributed by atoms with Crippen LogP contribution >= 0.6 is 0 Å². The molecule has 1 N–H and O–H groups in total. The minimum absolute atomic E-state index is 0.997. The van der Waals surface area contributed by atoms with Gasteiger partial charge in [-0.2, -0.15) is 0 Å². The molecule has 0 bridgehead atoms. The fraction of sp³-hybridized carbons (Fsp3) is 0.294. The zero-order valence-corrected chi connectivity index (χ0v) is 11.9. The predicted molar refractivity (Wildman–Crippen MR) is 85.4 cm³/mol.